The summed E-state index contributed by atoms with van der Waals surface area (Å²) in [4.78, 5) is 42.6. The Morgan fingerprint density at radius 3 is 2.71 bits per heavy atom. The van der Waals surface area contributed by atoms with Crippen LogP contribution in [0.25, 0.3) is 11.0 Å². The predicted octanol–water partition coefficient (Wildman–Crippen LogP) is 3.22. The summed E-state index contributed by atoms with van der Waals surface area (Å²) in [6.07, 6.45) is 9.75. The third-order valence-electron chi connectivity index (χ3n) is 7.26. The van der Waals surface area contributed by atoms with Crippen molar-refractivity contribution in [2.45, 2.75) is 57.0 Å². The molecule has 2 saturated heterocycles. The SMILES string of the molecule is O=C(NCC(c1cccnc1)N1CCCCC1)[C@@H]1CCCN1C(=O)CCc1nc2ccccc2[nH]1. The van der Waals surface area contributed by atoms with E-state index in [2.05, 4.69) is 31.2 Å². The third kappa shape index (κ3) is 5.53. The van der Waals surface area contributed by atoms with Gasteiger partial charge in [0.2, 0.25) is 11.8 Å². The van der Waals surface area contributed by atoms with Crippen molar-refractivity contribution in [1.29, 1.82) is 0 Å². The van der Waals surface area contributed by atoms with E-state index in [-0.39, 0.29) is 17.9 Å². The van der Waals surface area contributed by atoms with Gasteiger partial charge in [-0.25, -0.2) is 4.98 Å². The average Bonchev–Trinajstić information content (AvgIpc) is 3.56. The van der Waals surface area contributed by atoms with Gasteiger partial charge in [0.15, 0.2) is 0 Å². The van der Waals surface area contributed by atoms with Crippen LogP contribution in [0, 0.1) is 0 Å². The number of likely N-dealkylation sites (tertiary alicyclic amines) is 2. The standard InChI is InChI=1S/C27H34N6O2/c34-26(13-12-25-30-21-9-2-3-10-22(21)31-25)33-17-7-11-23(33)27(35)29-19-24(20-8-6-14-28-18-20)32-15-4-1-5-16-32/h2-3,6,8-10,14,18,23-24H,1,4-5,7,11-13,15-17,19H2,(H,29,35)(H,30,31)/t23-,24?/m0/s1. The van der Waals surface area contributed by atoms with Crippen LogP contribution >= 0.6 is 0 Å². The molecule has 2 aromatic heterocycles. The zero-order chi connectivity index (χ0) is 24.0. The molecule has 0 bridgehead atoms. The lowest BCUT2D eigenvalue weighted by atomic mass is 10.0. The van der Waals surface area contributed by atoms with Gasteiger partial charge in [-0.05, 0) is 62.5 Å². The zero-order valence-electron chi connectivity index (χ0n) is 20.2. The minimum absolute atomic E-state index is 0.0166. The summed E-state index contributed by atoms with van der Waals surface area (Å²) in [5.41, 5.74) is 3.01. The number of pyridine rings is 1. The number of carbonyl (C=O) groups is 2. The first-order chi connectivity index (χ1) is 17.2. The highest BCUT2D eigenvalue weighted by Crippen LogP contribution is 2.24. The lowest BCUT2D eigenvalue weighted by Crippen LogP contribution is -2.48. The van der Waals surface area contributed by atoms with E-state index in [1.165, 1.54) is 19.3 Å². The van der Waals surface area contributed by atoms with Crippen molar-refractivity contribution in [1.82, 2.24) is 30.1 Å². The first-order valence-corrected chi connectivity index (χ1v) is 12.8. The number of fused-ring (bicyclic) bond motifs is 1. The summed E-state index contributed by atoms with van der Waals surface area (Å²) in [5.74, 6) is 0.772. The van der Waals surface area contributed by atoms with Gasteiger partial charge in [-0.3, -0.25) is 19.5 Å². The largest absolute Gasteiger partial charge is 0.352 e. The molecule has 1 unspecified atom stereocenters. The van der Waals surface area contributed by atoms with Crippen LogP contribution in [0.5, 0.6) is 0 Å². The van der Waals surface area contributed by atoms with Gasteiger partial charge in [-0.2, -0.15) is 0 Å². The number of H-pyrrole nitrogens is 1. The number of amides is 2. The third-order valence-corrected chi connectivity index (χ3v) is 7.26. The Labute approximate surface area is 206 Å². The molecular formula is C27H34N6O2. The average molecular weight is 475 g/mol. The number of hydrogen-bond acceptors (Lipinski definition) is 5. The molecule has 2 atom stereocenters. The van der Waals surface area contributed by atoms with Gasteiger partial charge in [0.05, 0.1) is 17.1 Å². The van der Waals surface area contributed by atoms with E-state index in [1.807, 2.05) is 36.5 Å². The summed E-state index contributed by atoms with van der Waals surface area (Å²) < 4.78 is 0. The van der Waals surface area contributed by atoms with Crippen molar-refractivity contribution in [3.8, 4) is 0 Å². The predicted molar refractivity (Wildman–Crippen MR) is 135 cm³/mol. The van der Waals surface area contributed by atoms with Crippen molar-refractivity contribution >= 4 is 22.8 Å². The number of nitrogens with one attached hydrogen (secondary N) is 2. The highest BCUT2D eigenvalue weighted by molar-refractivity contribution is 5.88. The number of rotatable bonds is 8. The maximum absolute atomic E-state index is 13.2. The minimum Gasteiger partial charge on any atom is -0.352 e. The first-order valence-electron chi connectivity index (χ1n) is 12.8. The second kappa shape index (κ2) is 11.0. The number of piperidine rings is 1. The van der Waals surface area contributed by atoms with Crippen LogP contribution in [0.1, 0.15) is 56.0 Å². The highest BCUT2D eigenvalue weighted by Gasteiger charge is 2.34. The fourth-order valence-corrected chi connectivity index (χ4v) is 5.41. The summed E-state index contributed by atoms with van der Waals surface area (Å²) in [7, 11) is 0. The number of benzene rings is 1. The number of aromatic amines is 1. The molecule has 8 nitrogen and oxygen atoms in total. The van der Waals surface area contributed by atoms with E-state index in [0.29, 0.717) is 32.4 Å². The van der Waals surface area contributed by atoms with Gasteiger partial charge in [0.25, 0.3) is 0 Å². The normalized spacial score (nSPS) is 19.7. The van der Waals surface area contributed by atoms with Crippen LogP contribution in [-0.4, -0.2) is 68.8 Å². The van der Waals surface area contributed by atoms with Crippen molar-refractivity contribution in [2.75, 3.05) is 26.2 Å². The first kappa shape index (κ1) is 23.5. The molecule has 8 heteroatoms. The van der Waals surface area contributed by atoms with Crippen LogP contribution in [0.2, 0.25) is 0 Å². The van der Waals surface area contributed by atoms with Crippen molar-refractivity contribution in [3.05, 3.63) is 60.2 Å². The van der Waals surface area contributed by atoms with Gasteiger partial charge in [0, 0.05) is 38.3 Å². The Bertz CT molecular complexity index is 1110. The number of aromatic nitrogens is 3. The Morgan fingerprint density at radius 1 is 1.06 bits per heavy atom. The lowest BCUT2D eigenvalue weighted by molar-refractivity contribution is -0.138. The molecule has 0 spiro atoms. The Balaban J connectivity index is 1.19. The van der Waals surface area contributed by atoms with Gasteiger partial charge < -0.3 is 15.2 Å². The number of imidazole rings is 1. The van der Waals surface area contributed by atoms with Gasteiger partial charge in [-0.1, -0.05) is 24.6 Å². The topological polar surface area (TPSA) is 94.2 Å². The molecule has 2 N–H and O–H groups in total. The quantitative estimate of drug-likeness (QED) is 0.523. The van der Waals surface area contributed by atoms with Crippen LogP contribution in [-0.2, 0) is 16.0 Å². The second-order valence-electron chi connectivity index (χ2n) is 9.59. The fraction of sp³-hybridized carbons (Fsp3) is 0.481. The number of nitrogens with zero attached hydrogens (tertiary/aromatic N) is 4. The molecule has 0 saturated carbocycles. The summed E-state index contributed by atoms with van der Waals surface area (Å²) in [6, 6.07) is 11.6. The van der Waals surface area contributed by atoms with E-state index in [1.54, 1.807) is 11.1 Å². The van der Waals surface area contributed by atoms with E-state index in [4.69, 9.17) is 0 Å². The number of para-hydroxylation sites is 2. The Hall–Kier alpha value is -3.26. The molecule has 35 heavy (non-hydrogen) atoms. The van der Waals surface area contributed by atoms with E-state index >= 15 is 0 Å². The molecule has 2 aliphatic heterocycles. The fourth-order valence-electron chi connectivity index (χ4n) is 5.41. The molecule has 184 valence electrons. The highest BCUT2D eigenvalue weighted by atomic mass is 16.2. The van der Waals surface area contributed by atoms with Crippen molar-refractivity contribution in [3.63, 3.8) is 0 Å². The zero-order valence-corrected chi connectivity index (χ0v) is 20.2. The molecule has 0 aliphatic carbocycles. The van der Waals surface area contributed by atoms with Gasteiger partial charge in [0.1, 0.15) is 11.9 Å². The van der Waals surface area contributed by atoms with Crippen LogP contribution < -0.4 is 5.32 Å². The summed E-state index contributed by atoms with van der Waals surface area (Å²) in [5, 5.41) is 3.18. The molecule has 0 radical (unpaired) electrons. The van der Waals surface area contributed by atoms with Crippen LogP contribution in [0.3, 0.4) is 0 Å². The number of aryl methyl sites for hydroxylation is 1. The van der Waals surface area contributed by atoms with E-state index in [0.717, 1.165) is 41.9 Å². The molecule has 2 aliphatic rings. The summed E-state index contributed by atoms with van der Waals surface area (Å²) in [6.45, 7) is 3.23. The van der Waals surface area contributed by atoms with Crippen LogP contribution in [0.15, 0.2) is 48.8 Å². The Kier molecular flexibility index (Phi) is 7.37. The molecule has 5 rings (SSSR count). The molecule has 2 fully saturated rings. The molecule has 2 amide bonds. The van der Waals surface area contributed by atoms with Crippen molar-refractivity contribution in [2.24, 2.45) is 0 Å². The maximum atomic E-state index is 13.2. The van der Waals surface area contributed by atoms with E-state index < -0.39 is 6.04 Å². The lowest BCUT2D eigenvalue weighted by Gasteiger charge is -2.35. The van der Waals surface area contributed by atoms with Gasteiger partial charge >= 0.3 is 0 Å². The monoisotopic (exact) mass is 474 g/mol. The Morgan fingerprint density at radius 2 is 1.91 bits per heavy atom. The second-order valence-corrected chi connectivity index (χ2v) is 9.59. The maximum Gasteiger partial charge on any atom is 0.242 e. The molecular weight excluding hydrogens is 440 g/mol. The molecule has 1 aromatic carbocycles. The molecule has 4 heterocycles. The minimum atomic E-state index is -0.394. The molecule has 3 aromatic rings. The number of carbonyl (C=O) groups excluding carboxylic acids is 2. The summed E-state index contributed by atoms with van der Waals surface area (Å²) >= 11 is 0. The van der Waals surface area contributed by atoms with Crippen LogP contribution in [0.4, 0.5) is 0 Å². The van der Waals surface area contributed by atoms with E-state index in [9.17, 15) is 9.59 Å². The van der Waals surface area contributed by atoms with Gasteiger partial charge in [-0.15, -0.1) is 0 Å². The number of hydrogen-bond donors (Lipinski definition) is 2. The smallest absolute Gasteiger partial charge is 0.242 e. The van der Waals surface area contributed by atoms with Crippen molar-refractivity contribution < 1.29 is 9.59 Å².